The fraction of sp³-hybridized carbons (Fsp3) is 0.400. The molecule has 2 rings (SSSR count). The Balaban J connectivity index is 1.88. The smallest absolute Gasteiger partial charge is 0.312 e. The minimum Gasteiger partial charge on any atom is -0.312 e. The molecule has 0 amide bonds. The summed E-state index contributed by atoms with van der Waals surface area (Å²) in [6.07, 6.45) is -5.05. The van der Waals surface area contributed by atoms with Crippen LogP contribution in [-0.2, 0) is 17.7 Å². The van der Waals surface area contributed by atoms with Crippen molar-refractivity contribution in [2.75, 3.05) is 6.54 Å². The number of aryl methyl sites for hydroxylation is 1. The molecule has 0 saturated heterocycles. The van der Waals surface area contributed by atoms with Gasteiger partial charge >= 0.3 is 6.36 Å². The van der Waals surface area contributed by atoms with E-state index >= 15 is 0 Å². The van der Waals surface area contributed by atoms with Crippen molar-refractivity contribution in [3.63, 3.8) is 0 Å². The molecule has 0 aliphatic rings. The summed E-state index contributed by atoms with van der Waals surface area (Å²) in [5.41, 5.74) is 1.85. The van der Waals surface area contributed by atoms with Gasteiger partial charge in [0, 0.05) is 13.1 Å². The highest BCUT2D eigenvalue weighted by Gasteiger charge is 2.35. The first-order valence-corrected chi connectivity index (χ1v) is 8.57. The van der Waals surface area contributed by atoms with Crippen LogP contribution in [-0.4, -0.2) is 19.0 Å². The van der Waals surface area contributed by atoms with Gasteiger partial charge in [-0.05, 0) is 42.0 Å². The lowest BCUT2D eigenvalue weighted by molar-refractivity contribution is -0.348. The van der Waals surface area contributed by atoms with Crippen molar-refractivity contribution in [1.82, 2.24) is 5.32 Å². The third-order valence-electron chi connectivity index (χ3n) is 4.19. The van der Waals surface area contributed by atoms with Gasteiger partial charge in [0.25, 0.3) is 0 Å². The Hall–Kier alpha value is -1.92. The average molecular weight is 369 g/mol. The molecule has 0 bridgehead atoms. The van der Waals surface area contributed by atoms with Crippen LogP contribution in [0.25, 0.3) is 0 Å². The molecule has 0 saturated carbocycles. The average Bonchev–Trinajstić information content (AvgIpc) is 2.60. The second-order valence-corrected chi connectivity index (χ2v) is 6.36. The number of nitrogens with one attached hydrogen (secondary N) is 1. The second-order valence-electron chi connectivity index (χ2n) is 6.36. The van der Waals surface area contributed by atoms with Gasteiger partial charge in [-0.25, -0.2) is 4.39 Å². The van der Waals surface area contributed by atoms with Gasteiger partial charge in [0.2, 0.25) is 0 Å². The lowest BCUT2D eigenvalue weighted by Crippen LogP contribution is -2.35. The largest absolute Gasteiger partial charge is 0.522 e. The maximum absolute atomic E-state index is 12.9. The summed E-state index contributed by atoms with van der Waals surface area (Å²) < 4.78 is 55.5. The molecule has 142 valence electrons. The summed E-state index contributed by atoms with van der Waals surface area (Å²) in [5, 5.41) is 3.18. The molecule has 6 heteroatoms. The van der Waals surface area contributed by atoms with Crippen molar-refractivity contribution in [2.45, 2.75) is 38.8 Å². The van der Waals surface area contributed by atoms with Crippen molar-refractivity contribution < 1.29 is 22.3 Å². The summed E-state index contributed by atoms with van der Waals surface area (Å²) in [7, 11) is 0. The Morgan fingerprint density at radius 3 is 2.23 bits per heavy atom. The van der Waals surface area contributed by atoms with E-state index in [2.05, 4.69) is 10.1 Å². The molecule has 0 aliphatic carbocycles. The zero-order valence-electron chi connectivity index (χ0n) is 14.6. The lowest BCUT2D eigenvalue weighted by Gasteiger charge is -2.26. The number of rotatable bonds is 9. The first-order valence-electron chi connectivity index (χ1n) is 8.57. The molecule has 26 heavy (non-hydrogen) atoms. The molecule has 0 spiro atoms. The number of hydrogen-bond donors (Lipinski definition) is 1. The SMILES string of the molecule is C[C@H](CNCc1ccccc1)C(CCc1ccc(F)cc1)OC(F)(F)F. The Bertz CT molecular complexity index is 643. The molecule has 2 atom stereocenters. The topological polar surface area (TPSA) is 21.3 Å². The second kappa shape index (κ2) is 9.69. The molecule has 0 heterocycles. The lowest BCUT2D eigenvalue weighted by atomic mass is 9.97. The van der Waals surface area contributed by atoms with E-state index in [4.69, 9.17) is 0 Å². The van der Waals surface area contributed by atoms with Crippen LogP contribution in [0.5, 0.6) is 0 Å². The summed E-state index contributed by atoms with van der Waals surface area (Å²) in [6.45, 7) is 2.72. The van der Waals surface area contributed by atoms with E-state index in [0.29, 0.717) is 19.5 Å². The maximum atomic E-state index is 12.9. The van der Waals surface area contributed by atoms with Crippen LogP contribution < -0.4 is 5.32 Å². The van der Waals surface area contributed by atoms with Crippen molar-refractivity contribution >= 4 is 0 Å². The molecule has 0 radical (unpaired) electrons. The Morgan fingerprint density at radius 2 is 1.62 bits per heavy atom. The number of halogens is 4. The van der Waals surface area contributed by atoms with Crippen molar-refractivity contribution in [3.8, 4) is 0 Å². The molecule has 1 N–H and O–H groups in total. The molecule has 2 nitrogen and oxygen atoms in total. The van der Waals surface area contributed by atoms with Gasteiger partial charge in [0.15, 0.2) is 0 Å². The van der Waals surface area contributed by atoms with E-state index in [-0.39, 0.29) is 18.2 Å². The molecule has 0 fully saturated rings. The predicted molar refractivity (Wildman–Crippen MR) is 93.0 cm³/mol. The highest BCUT2D eigenvalue weighted by atomic mass is 19.4. The van der Waals surface area contributed by atoms with Crippen LogP contribution in [0.2, 0.25) is 0 Å². The first-order chi connectivity index (χ1) is 12.3. The van der Waals surface area contributed by atoms with Gasteiger partial charge in [-0.3, -0.25) is 4.74 Å². The molecular formula is C20H23F4NO. The molecule has 0 aromatic heterocycles. The van der Waals surface area contributed by atoms with E-state index < -0.39 is 12.5 Å². The summed E-state index contributed by atoms with van der Waals surface area (Å²) >= 11 is 0. The van der Waals surface area contributed by atoms with Crippen LogP contribution in [0.4, 0.5) is 17.6 Å². The van der Waals surface area contributed by atoms with E-state index in [9.17, 15) is 17.6 Å². The number of ether oxygens (including phenoxy) is 1. The highest BCUT2D eigenvalue weighted by Crippen LogP contribution is 2.25. The normalized spacial score (nSPS) is 14.2. The van der Waals surface area contributed by atoms with Crippen molar-refractivity contribution in [3.05, 3.63) is 71.5 Å². The highest BCUT2D eigenvalue weighted by molar-refractivity contribution is 5.16. The zero-order valence-corrected chi connectivity index (χ0v) is 14.6. The minimum absolute atomic E-state index is 0.208. The van der Waals surface area contributed by atoms with Crippen LogP contribution in [0.3, 0.4) is 0 Å². The standard InChI is InChI=1S/C20H23F4NO/c1-15(13-25-14-17-5-3-2-4-6-17)19(26-20(22,23)24)12-9-16-7-10-18(21)11-8-16/h2-8,10-11,15,19,25H,9,12-14H2,1H3/t15-,19?/m1/s1. The van der Waals surface area contributed by atoms with Gasteiger partial charge < -0.3 is 5.32 Å². The van der Waals surface area contributed by atoms with Gasteiger partial charge in [-0.1, -0.05) is 49.4 Å². The van der Waals surface area contributed by atoms with Crippen molar-refractivity contribution in [2.24, 2.45) is 5.92 Å². The summed E-state index contributed by atoms with van der Waals surface area (Å²) in [4.78, 5) is 0. The van der Waals surface area contributed by atoms with Crippen LogP contribution in [0, 0.1) is 11.7 Å². The van der Waals surface area contributed by atoms with Crippen LogP contribution in [0.1, 0.15) is 24.5 Å². The monoisotopic (exact) mass is 369 g/mol. The predicted octanol–water partition coefficient (Wildman–Crippen LogP) is 5.09. The van der Waals surface area contributed by atoms with Crippen LogP contribution >= 0.6 is 0 Å². The van der Waals surface area contributed by atoms with Crippen molar-refractivity contribution in [1.29, 1.82) is 0 Å². The van der Waals surface area contributed by atoms with E-state index in [0.717, 1.165) is 11.1 Å². The first kappa shape index (κ1) is 20.4. The molecule has 2 aromatic rings. The van der Waals surface area contributed by atoms with Gasteiger partial charge in [0.1, 0.15) is 5.82 Å². The van der Waals surface area contributed by atoms with Gasteiger partial charge in [-0.15, -0.1) is 13.2 Å². The molecule has 1 unspecified atom stereocenters. The number of benzene rings is 2. The molecular weight excluding hydrogens is 346 g/mol. The Kier molecular flexibility index (Phi) is 7.60. The van der Waals surface area contributed by atoms with Gasteiger partial charge in [-0.2, -0.15) is 0 Å². The third-order valence-corrected chi connectivity index (χ3v) is 4.19. The fourth-order valence-corrected chi connectivity index (χ4v) is 2.76. The minimum atomic E-state index is -4.68. The molecule has 2 aromatic carbocycles. The fourth-order valence-electron chi connectivity index (χ4n) is 2.76. The van der Waals surface area contributed by atoms with E-state index in [1.807, 2.05) is 30.3 Å². The maximum Gasteiger partial charge on any atom is 0.522 e. The van der Waals surface area contributed by atoms with E-state index in [1.54, 1.807) is 19.1 Å². The van der Waals surface area contributed by atoms with E-state index in [1.165, 1.54) is 12.1 Å². The van der Waals surface area contributed by atoms with Gasteiger partial charge in [0.05, 0.1) is 6.10 Å². The van der Waals surface area contributed by atoms with Crippen LogP contribution in [0.15, 0.2) is 54.6 Å². The Labute approximate surface area is 151 Å². The quantitative estimate of drug-likeness (QED) is 0.622. The zero-order chi connectivity index (χ0) is 19.0. The third kappa shape index (κ3) is 7.54. The molecule has 0 aliphatic heterocycles. The number of alkyl halides is 3. The number of hydrogen-bond acceptors (Lipinski definition) is 2. The summed E-state index contributed by atoms with van der Waals surface area (Å²) in [5.74, 6) is -0.698. The Morgan fingerprint density at radius 1 is 0.962 bits per heavy atom. The summed E-state index contributed by atoms with van der Waals surface area (Å²) in [6, 6.07) is 15.4.